The summed E-state index contributed by atoms with van der Waals surface area (Å²) >= 11 is 2.25. The number of imidazole rings is 1. The average molecular weight is 611 g/mol. The Balaban J connectivity index is 1.96. The zero-order valence-corrected chi connectivity index (χ0v) is 23.4. The second-order valence-corrected chi connectivity index (χ2v) is 10.9. The Morgan fingerprint density at radius 2 is 1.97 bits per heavy atom. The van der Waals surface area contributed by atoms with Crippen molar-refractivity contribution in [2.75, 3.05) is 19.1 Å². The second-order valence-electron chi connectivity index (χ2n) is 9.74. The summed E-state index contributed by atoms with van der Waals surface area (Å²) in [5.74, 6) is 0.0444. The summed E-state index contributed by atoms with van der Waals surface area (Å²) < 4.78 is 19.4. The Labute approximate surface area is 225 Å². The number of amides is 2. The number of allylic oxidation sites excluding steroid dienone is 1. The van der Waals surface area contributed by atoms with Gasteiger partial charge in [-0.1, -0.05) is 18.2 Å². The molecule has 2 amide bonds. The number of nitrogens with zero attached hydrogens (tertiary/aromatic N) is 3. The lowest BCUT2D eigenvalue weighted by molar-refractivity contribution is 0.0186. The zero-order chi connectivity index (χ0) is 26.6. The number of primary amides is 1. The minimum absolute atomic E-state index is 0.00619. The molecule has 2 heterocycles. The molecular formula is C25H34IN5O5. The van der Waals surface area contributed by atoms with Crippen molar-refractivity contribution in [3.05, 3.63) is 56.9 Å². The van der Waals surface area contributed by atoms with E-state index in [1.54, 1.807) is 15.7 Å². The fourth-order valence-corrected chi connectivity index (χ4v) is 4.63. The summed E-state index contributed by atoms with van der Waals surface area (Å²) in [7, 11) is 0. The van der Waals surface area contributed by atoms with Crippen LogP contribution in [0.3, 0.4) is 0 Å². The van der Waals surface area contributed by atoms with Gasteiger partial charge in [-0.05, 0) is 75.3 Å². The predicted molar refractivity (Wildman–Crippen MR) is 144 cm³/mol. The lowest BCUT2D eigenvalue weighted by Crippen LogP contribution is -2.41. The predicted octanol–water partition coefficient (Wildman–Crippen LogP) is 4.18. The molecule has 1 aliphatic rings. The quantitative estimate of drug-likeness (QED) is 0.407. The van der Waals surface area contributed by atoms with Gasteiger partial charge in [-0.25, -0.2) is 9.78 Å². The third kappa shape index (κ3) is 6.42. The number of carbonyl (C=O) groups is 2. The molecule has 196 valence electrons. The molecule has 2 aromatic rings. The molecule has 1 aromatic heterocycles. The Kier molecular flexibility index (Phi) is 8.75. The molecule has 0 radical (unpaired) electrons. The van der Waals surface area contributed by atoms with Gasteiger partial charge < -0.3 is 35.1 Å². The molecule has 36 heavy (non-hydrogen) atoms. The Bertz CT molecular complexity index is 1140. The molecular weight excluding hydrogens is 577 g/mol. The third-order valence-electron chi connectivity index (χ3n) is 5.55. The lowest BCUT2D eigenvalue weighted by Gasteiger charge is -2.30. The van der Waals surface area contributed by atoms with Crippen LogP contribution in [0.15, 0.2) is 36.3 Å². The van der Waals surface area contributed by atoms with E-state index in [0.717, 1.165) is 9.13 Å². The molecule has 0 fully saturated rings. The minimum atomic E-state index is -0.718. The molecule has 1 atom stereocenters. The van der Waals surface area contributed by atoms with Crippen molar-refractivity contribution in [1.29, 1.82) is 0 Å². The van der Waals surface area contributed by atoms with Gasteiger partial charge in [0.25, 0.3) is 5.91 Å². The number of ether oxygens (including phenoxy) is 3. The zero-order valence-electron chi connectivity index (χ0n) is 21.3. The van der Waals surface area contributed by atoms with Gasteiger partial charge in [0.15, 0.2) is 5.69 Å². The van der Waals surface area contributed by atoms with Gasteiger partial charge in [-0.2, -0.15) is 0 Å². The van der Waals surface area contributed by atoms with E-state index >= 15 is 0 Å². The van der Waals surface area contributed by atoms with Crippen LogP contribution in [0.1, 0.15) is 68.8 Å². The molecule has 3 rings (SSSR count). The average Bonchev–Trinajstić information content (AvgIpc) is 3.40. The molecule has 0 aliphatic carbocycles. The fraction of sp³-hybridized carbons (Fsp3) is 0.480. The SMILES string of the molecule is CC(C)N(CCCn1c(C(C2=COCO2)c2ccccc2I)nc(C(N)=O)c1N)C(=O)OC(C)(C)C. The van der Waals surface area contributed by atoms with E-state index in [4.69, 9.17) is 25.7 Å². The molecule has 4 N–H and O–H groups in total. The van der Waals surface area contributed by atoms with Crippen LogP contribution in [0.5, 0.6) is 0 Å². The first-order chi connectivity index (χ1) is 16.9. The van der Waals surface area contributed by atoms with Crippen LogP contribution in [0.25, 0.3) is 0 Å². The number of halogens is 1. The van der Waals surface area contributed by atoms with Crippen molar-refractivity contribution in [3.63, 3.8) is 0 Å². The van der Waals surface area contributed by atoms with Crippen LogP contribution in [0.2, 0.25) is 0 Å². The first-order valence-electron chi connectivity index (χ1n) is 11.7. The highest BCUT2D eigenvalue weighted by atomic mass is 127. The number of carbonyl (C=O) groups excluding carboxylic acids is 2. The van der Waals surface area contributed by atoms with Crippen molar-refractivity contribution in [2.45, 2.75) is 65.1 Å². The summed E-state index contributed by atoms with van der Waals surface area (Å²) in [6.07, 6.45) is 1.71. The van der Waals surface area contributed by atoms with Crippen molar-refractivity contribution in [1.82, 2.24) is 14.5 Å². The minimum Gasteiger partial charge on any atom is -0.462 e. The van der Waals surface area contributed by atoms with Crippen molar-refractivity contribution in [3.8, 4) is 0 Å². The molecule has 0 spiro atoms. The standard InChI is InChI=1S/C25H34IN5O5/c1-15(2)30(24(33)36-25(3,4)5)11-8-12-31-21(27)20(22(28)32)29-23(31)19(18-13-34-14-35-18)16-9-6-7-10-17(16)26/h6-7,9-10,13,15,19H,8,11-12,14,27H2,1-5H3,(H2,28,32). The first-order valence-corrected chi connectivity index (χ1v) is 12.8. The topological polar surface area (TPSA) is 135 Å². The number of rotatable bonds is 9. The van der Waals surface area contributed by atoms with Gasteiger partial charge in [-0.3, -0.25) is 4.79 Å². The number of benzene rings is 1. The van der Waals surface area contributed by atoms with Crippen LogP contribution < -0.4 is 11.5 Å². The van der Waals surface area contributed by atoms with Crippen LogP contribution >= 0.6 is 22.6 Å². The first kappa shape index (κ1) is 27.6. The summed E-state index contributed by atoms with van der Waals surface area (Å²) in [6.45, 7) is 10.3. The van der Waals surface area contributed by atoms with E-state index in [-0.39, 0.29) is 30.4 Å². The number of nitrogens with two attached hydrogens (primary N) is 2. The van der Waals surface area contributed by atoms with Crippen LogP contribution in [0.4, 0.5) is 10.6 Å². The van der Waals surface area contributed by atoms with Gasteiger partial charge in [0.1, 0.15) is 35.2 Å². The Morgan fingerprint density at radius 1 is 1.28 bits per heavy atom. The summed E-state index contributed by atoms with van der Waals surface area (Å²) in [5, 5.41) is 0. The van der Waals surface area contributed by atoms with E-state index in [2.05, 4.69) is 27.6 Å². The molecule has 0 saturated heterocycles. The van der Waals surface area contributed by atoms with Crippen molar-refractivity contribution < 1.29 is 23.8 Å². The van der Waals surface area contributed by atoms with Gasteiger partial charge in [-0.15, -0.1) is 0 Å². The molecule has 1 aromatic carbocycles. The number of hydrogen-bond donors (Lipinski definition) is 2. The highest BCUT2D eigenvalue weighted by molar-refractivity contribution is 14.1. The molecule has 11 heteroatoms. The van der Waals surface area contributed by atoms with Gasteiger partial charge in [0, 0.05) is 22.7 Å². The van der Waals surface area contributed by atoms with E-state index in [9.17, 15) is 9.59 Å². The van der Waals surface area contributed by atoms with Crippen LogP contribution in [-0.2, 0) is 20.8 Å². The Hall–Kier alpha value is -2.96. The van der Waals surface area contributed by atoms with E-state index in [0.29, 0.717) is 31.1 Å². The largest absolute Gasteiger partial charge is 0.462 e. The molecule has 1 aliphatic heterocycles. The number of nitrogen functional groups attached to an aromatic ring is 1. The maximum atomic E-state index is 12.7. The summed E-state index contributed by atoms with van der Waals surface area (Å²) in [4.78, 5) is 31.1. The number of aromatic nitrogens is 2. The molecule has 0 saturated carbocycles. The smallest absolute Gasteiger partial charge is 0.410 e. The van der Waals surface area contributed by atoms with Crippen LogP contribution in [-0.4, -0.2) is 51.4 Å². The monoisotopic (exact) mass is 611 g/mol. The third-order valence-corrected chi connectivity index (χ3v) is 6.54. The summed E-state index contributed by atoms with van der Waals surface area (Å²) in [5.41, 5.74) is 12.3. The van der Waals surface area contributed by atoms with Gasteiger partial charge >= 0.3 is 6.09 Å². The van der Waals surface area contributed by atoms with E-state index in [1.807, 2.05) is 58.9 Å². The second kappa shape index (κ2) is 11.4. The van der Waals surface area contributed by atoms with Crippen LogP contribution in [0, 0.1) is 3.57 Å². The van der Waals surface area contributed by atoms with Crippen molar-refractivity contribution in [2.24, 2.45) is 5.73 Å². The Morgan fingerprint density at radius 3 is 2.53 bits per heavy atom. The van der Waals surface area contributed by atoms with Gasteiger partial charge in [0.2, 0.25) is 6.79 Å². The number of anilines is 1. The molecule has 10 nitrogen and oxygen atoms in total. The highest BCUT2D eigenvalue weighted by Crippen LogP contribution is 2.37. The lowest BCUT2D eigenvalue weighted by atomic mass is 9.96. The number of hydrogen-bond acceptors (Lipinski definition) is 7. The molecule has 0 bridgehead atoms. The fourth-order valence-electron chi connectivity index (χ4n) is 3.93. The van der Waals surface area contributed by atoms with E-state index in [1.165, 1.54) is 0 Å². The normalized spacial score (nSPS) is 14.1. The highest BCUT2D eigenvalue weighted by Gasteiger charge is 2.33. The van der Waals surface area contributed by atoms with Crippen molar-refractivity contribution >= 4 is 40.4 Å². The summed E-state index contributed by atoms with van der Waals surface area (Å²) in [6, 6.07) is 7.75. The molecule has 1 unspecified atom stereocenters. The maximum Gasteiger partial charge on any atom is 0.410 e. The van der Waals surface area contributed by atoms with Gasteiger partial charge in [0.05, 0.1) is 0 Å². The maximum absolute atomic E-state index is 12.7. The van der Waals surface area contributed by atoms with E-state index < -0.39 is 17.4 Å².